The Morgan fingerprint density at radius 3 is 2.82 bits per heavy atom. The van der Waals surface area contributed by atoms with Gasteiger partial charge in [0.1, 0.15) is 5.82 Å². The van der Waals surface area contributed by atoms with E-state index in [-0.39, 0.29) is 0 Å². The lowest BCUT2D eigenvalue weighted by Crippen LogP contribution is -2.34. The monoisotopic (exact) mass is 231 g/mol. The van der Waals surface area contributed by atoms with Crippen LogP contribution in [0.3, 0.4) is 0 Å². The normalized spacial score (nSPS) is 11.8. The molecule has 0 saturated carbocycles. The molecule has 0 aliphatic heterocycles. The second kappa shape index (κ2) is 4.86. The first-order chi connectivity index (χ1) is 8.26. The molecule has 90 valence electrons. The maximum Gasteiger partial charge on any atom is 0.191 e. The quantitative estimate of drug-likeness (QED) is 0.595. The Morgan fingerprint density at radius 2 is 2.18 bits per heavy atom. The van der Waals surface area contributed by atoms with Gasteiger partial charge in [0.2, 0.25) is 0 Å². The van der Waals surface area contributed by atoms with Gasteiger partial charge in [-0.1, -0.05) is 12.1 Å². The van der Waals surface area contributed by atoms with Crippen LogP contribution >= 0.6 is 0 Å². The van der Waals surface area contributed by atoms with Gasteiger partial charge in [-0.25, -0.2) is 4.98 Å². The standard InChI is InChI=1S/C12H17N5/c1-13-12(14-2)15-8-11-16-9-6-4-5-7-10(9)17(11)3/h4-7H,8H2,1-3H3,(H2,13,14,15). The molecule has 0 unspecified atom stereocenters. The van der Waals surface area contributed by atoms with Gasteiger partial charge in [-0.05, 0) is 12.1 Å². The number of aromatic nitrogens is 2. The van der Waals surface area contributed by atoms with E-state index in [4.69, 9.17) is 0 Å². The van der Waals surface area contributed by atoms with Crippen LogP contribution in [0.5, 0.6) is 0 Å². The molecular formula is C12H17N5. The van der Waals surface area contributed by atoms with Gasteiger partial charge in [0.15, 0.2) is 5.96 Å². The van der Waals surface area contributed by atoms with E-state index in [1.54, 1.807) is 7.05 Å². The number of hydrogen-bond acceptors (Lipinski definition) is 2. The van der Waals surface area contributed by atoms with E-state index >= 15 is 0 Å². The van der Waals surface area contributed by atoms with Crippen molar-refractivity contribution in [2.75, 3.05) is 14.1 Å². The van der Waals surface area contributed by atoms with Gasteiger partial charge in [0.05, 0.1) is 17.6 Å². The SMILES string of the molecule is CN=C(NC)NCc1nc2ccccc2n1C. The second-order valence-electron chi connectivity index (χ2n) is 3.75. The average Bonchev–Trinajstić information content (AvgIpc) is 2.68. The van der Waals surface area contributed by atoms with E-state index < -0.39 is 0 Å². The van der Waals surface area contributed by atoms with Gasteiger partial charge in [0.25, 0.3) is 0 Å². The van der Waals surface area contributed by atoms with Crippen LogP contribution in [0.4, 0.5) is 0 Å². The summed E-state index contributed by atoms with van der Waals surface area (Å²) in [7, 11) is 5.60. The molecule has 0 fully saturated rings. The van der Waals surface area contributed by atoms with Crippen molar-refractivity contribution in [2.45, 2.75) is 6.54 Å². The number of imidazole rings is 1. The lowest BCUT2D eigenvalue weighted by molar-refractivity contribution is 0.751. The molecule has 1 aromatic carbocycles. The highest BCUT2D eigenvalue weighted by Gasteiger charge is 2.06. The molecule has 0 radical (unpaired) electrons. The molecule has 17 heavy (non-hydrogen) atoms. The van der Waals surface area contributed by atoms with E-state index in [9.17, 15) is 0 Å². The number of aryl methyl sites for hydroxylation is 1. The summed E-state index contributed by atoms with van der Waals surface area (Å²) in [6, 6.07) is 8.11. The lowest BCUT2D eigenvalue weighted by Gasteiger charge is -2.08. The van der Waals surface area contributed by atoms with Gasteiger partial charge < -0.3 is 15.2 Å². The molecule has 0 spiro atoms. The van der Waals surface area contributed by atoms with Crippen molar-refractivity contribution >= 4 is 17.0 Å². The molecule has 2 aromatic rings. The third-order valence-corrected chi connectivity index (χ3v) is 2.75. The summed E-state index contributed by atoms with van der Waals surface area (Å²) in [6.45, 7) is 0.651. The van der Waals surface area contributed by atoms with Crippen LogP contribution in [0.15, 0.2) is 29.3 Å². The minimum Gasteiger partial charge on any atom is -0.359 e. The zero-order chi connectivity index (χ0) is 12.3. The van der Waals surface area contributed by atoms with Crippen molar-refractivity contribution in [3.8, 4) is 0 Å². The summed E-state index contributed by atoms with van der Waals surface area (Å²) in [5.41, 5.74) is 2.16. The molecule has 2 rings (SSSR count). The van der Waals surface area contributed by atoms with Crippen LogP contribution in [-0.4, -0.2) is 29.6 Å². The van der Waals surface area contributed by atoms with E-state index in [2.05, 4.69) is 31.2 Å². The number of hydrogen-bond donors (Lipinski definition) is 2. The van der Waals surface area contributed by atoms with Gasteiger partial charge in [-0.2, -0.15) is 0 Å². The first kappa shape index (κ1) is 11.4. The first-order valence-corrected chi connectivity index (χ1v) is 5.55. The highest BCUT2D eigenvalue weighted by atomic mass is 15.2. The number of para-hydroxylation sites is 2. The number of aliphatic imine (C=N–C) groups is 1. The number of nitrogens with one attached hydrogen (secondary N) is 2. The first-order valence-electron chi connectivity index (χ1n) is 5.55. The second-order valence-corrected chi connectivity index (χ2v) is 3.75. The molecule has 1 heterocycles. The van der Waals surface area contributed by atoms with E-state index in [0.29, 0.717) is 6.54 Å². The highest BCUT2D eigenvalue weighted by molar-refractivity contribution is 5.79. The van der Waals surface area contributed by atoms with Crippen LogP contribution in [-0.2, 0) is 13.6 Å². The van der Waals surface area contributed by atoms with Crippen molar-refractivity contribution in [1.82, 2.24) is 20.2 Å². The number of guanidine groups is 1. The fourth-order valence-corrected chi connectivity index (χ4v) is 1.80. The number of nitrogens with zero attached hydrogens (tertiary/aromatic N) is 3. The van der Waals surface area contributed by atoms with Gasteiger partial charge >= 0.3 is 0 Å². The summed E-state index contributed by atoms with van der Waals surface area (Å²) in [5, 5.41) is 6.17. The van der Waals surface area contributed by atoms with E-state index in [0.717, 1.165) is 22.8 Å². The van der Waals surface area contributed by atoms with Crippen LogP contribution in [0.2, 0.25) is 0 Å². The van der Waals surface area contributed by atoms with Crippen molar-refractivity contribution < 1.29 is 0 Å². The van der Waals surface area contributed by atoms with Crippen molar-refractivity contribution in [3.05, 3.63) is 30.1 Å². The third-order valence-electron chi connectivity index (χ3n) is 2.75. The molecule has 2 N–H and O–H groups in total. The Kier molecular flexibility index (Phi) is 3.27. The molecule has 5 nitrogen and oxygen atoms in total. The van der Waals surface area contributed by atoms with Crippen LogP contribution in [0.25, 0.3) is 11.0 Å². The summed E-state index contributed by atoms with van der Waals surface area (Å²) < 4.78 is 2.09. The van der Waals surface area contributed by atoms with Crippen LogP contribution in [0, 0.1) is 0 Å². The Morgan fingerprint density at radius 1 is 1.41 bits per heavy atom. The highest BCUT2D eigenvalue weighted by Crippen LogP contribution is 2.13. The summed E-state index contributed by atoms with van der Waals surface area (Å²) in [4.78, 5) is 8.63. The molecular weight excluding hydrogens is 214 g/mol. The molecule has 1 aromatic heterocycles. The minimum atomic E-state index is 0.651. The molecule has 0 aliphatic carbocycles. The zero-order valence-electron chi connectivity index (χ0n) is 10.4. The minimum absolute atomic E-state index is 0.651. The predicted octanol–water partition coefficient (Wildman–Crippen LogP) is 0.868. The van der Waals surface area contributed by atoms with Gasteiger partial charge in [0, 0.05) is 21.1 Å². The number of benzene rings is 1. The Bertz CT molecular complexity index is 541. The lowest BCUT2D eigenvalue weighted by atomic mass is 10.3. The fraction of sp³-hybridized carbons (Fsp3) is 0.333. The maximum absolute atomic E-state index is 4.57. The molecule has 0 bridgehead atoms. The van der Waals surface area contributed by atoms with Crippen LogP contribution < -0.4 is 10.6 Å². The largest absolute Gasteiger partial charge is 0.359 e. The molecule has 0 atom stereocenters. The number of rotatable bonds is 2. The predicted molar refractivity (Wildman–Crippen MR) is 70.0 cm³/mol. The zero-order valence-corrected chi connectivity index (χ0v) is 10.4. The summed E-state index contributed by atoms with van der Waals surface area (Å²) >= 11 is 0. The molecule has 0 amide bonds. The van der Waals surface area contributed by atoms with Crippen molar-refractivity contribution in [1.29, 1.82) is 0 Å². The Balaban J connectivity index is 2.22. The molecule has 5 heteroatoms. The Hall–Kier alpha value is -2.04. The van der Waals surface area contributed by atoms with Crippen LogP contribution in [0.1, 0.15) is 5.82 Å². The van der Waals surface area contributed by atoms with Gasteiger partial charge in [-0.15, -0.1) is 0 Å². The average molecular weight is 231 g/mol. The fourth-order valence-electron chi connectivity index (χ4n) is 1.80. The topological polar surface area (TPSA) is 54.2 Å². The Labute approximate surface area is 101 Å². The molecule has 0 saturated heterocycles. The van der Waals surface area contributed by atoms with E-state index in [1.807, 2.05) is 32.3 Å². The van der Waals surface area contributed by atoms with Crippen molar-refractivity contribution in [2.24, 2.45) is 12.0 Å². The van der Waals surface area contributed by atoms with E-state index in [1.165, 1.54) is 0 Å². The summed E-state index contributed by atoms with van der Waals surface area (Å²) in [5.74, 6) is 1.75. The number of fused-ring (bicyclic) bond motifs is 1. The van der Waals surface area contributed by atoms with Gasteiger partial charge in [-0.3, -0.25) is 4.99 Å². The smallest absolute Gasteiger partial charge is 0.191 e. The van der Waals surface area contributed by atoms with Crippen molar-refractivity contribution in [3.63, 3.8) is 0 Å². The third kappa shape index (κ3) is 2.22. The maximum atomic E-state index is 4.57. The summed E-state index contributed by atoms with van der Waals surface area (Å²) in [6.07, 6.45) is 0. The molecule has 0 aliphatic rings.